The number of hydrogen-bond acceptors (Lipinski definition) is 8. The van der Waals surface area contributed by atoms with Gasteiger partial charge in [-0.3, -0.25) is 4.79 Å². The zero-order chi connectivity index (χ0) is 17.9. The van der Waals surface area contributed by atoms with Gasteiger partial charge in [0.05, 0.1) is 17.4 Å². The summed E-state index contributed by atoms with van der Waals surface area (Å²) in [5, 5.41) is 10.0. The van der Waals surface area contributed by atoms with Crippen LogP contribution in [0.15, 0.2) is 29.8 Å². The Bertz CT molecular complexity index is 894. The summed E-state index contributed by atoms with van der Waals surface area (Å²) in [6, 6.07) is 5.83. The van der Waals surface area contributed by atoms with E-state index in [1.54, 1.807) is 6.20 Å². The Morgan fingerprint density at radius 1 is 1.42 bits per heavy atom. The molecule has 0 bridgehead atoms. The number of carbonyl (C=O) groups excluding carboxylic acids is 1. The van der Waals surface area contributed by atoms with E-state index < -0.39 is 0 Å². The van der Waals surface area contributed by atoms with Crippen LogP contribution in [0.2, 0.25) is 0 Å². The van der Waals surface area contributed by atoms with Gasteiger partial charge in [0.25, 0.3) is 5.91 Å². The van der Waals surface area contributed by atoms with Crippen LogP contribution in [-0.4, -0.2) is 36.9 Å². The lowest BCUT2D eigenvalue weighted by molar-refractivity contribution is 0.0736. The van der Waals surface area contributed by atoms with Gasteiger partial charge in [0, 0.05) is 18.1 Å². The van der Waals surface area contributed by atoms with Gasteiger partial charge in [-0.2, -0.15) is 0 Å². The summed E-state index contributed by atoms with van der Waals surface area (Å²) in [6.45, 7) is 2.72. The van der Waals surface area contributed by atoms with Crippen LogP contribution in [0.5, 0.6) is 0 Å². The largest absolute Gasteiger partial charge is 0.329 e. The second-order valence-electron chi connectivity index (χ2n) is 5.97. The minimum atomic E-state index is -0.0210. The summed E-state index contributed by atoms with van der Waals surface area (Å²) in [4.78, 5) is 24.5. The number of aromatic nitrogens is 4. The molecule has 4 rings (SSSR count). The molecular formula is C17H18N6OS2. The monoisotopic (exact) mass is 386 g/mol. The highest BCUT2D eigenvalue weighted by Gasteiger charge is 2.33. The molecule has 1 saturated heterocycles. The first-order chi connectivity index (χ1) is 12.8. The van der Waals surface area contributed by atoms with Crippen LogP contribution in [0, 0.1) is 0 Å². The first-order valence-corrected chi connectivity index (χ1v) is 10.2. The van der Waals surface area contributed by atoms with Gasteiger partial charge in [0.15, 0.2) is 5.13 Å². The number of thiazole rings is 1. The minimum Gasteiger partial charge on any atom is -0.329 e. The maximum Gasteiger partial charge on any atom is 0.268 e. The van der Waals surface area contributed by atoms with Crippen molar-refractivity contribution in [3.8, 4) is 0 Å². The number of rotatable bonds is 5. The lowest BCUT2D eigenvalue weighted by Crippen LogP contribution is -2.31. The topological polar surface area (TPSA) is 83.9 Å². The third-order valence-electron chi connectivity index (χ3n) is 4.38. The minimum absolute atomic E-state index is 0.0134. The highest BCUT2D eigenvalue weighted by Crippen LogP contribution is 2.33. The number of hydrogen-bond donors (Lipinski definition) is 1. The Morgan fingerprint density at radius 3 is 3.15 bits per heavy atom. The lowest BCUT2D eigenvalue weighted by Gasteiger charge is -2.24. The van der Waals surface area contributed by atoms with Crippen LogP contribution in [0.25, 0.3) is 0 Å². The van der Waals surface area contributed by atoms with E-state index in [4.69, 9.17) is 4.98 Å². The molecule has 1 fully saturated rings. The summed E-state index contributed by atoms with van der Waals surface area (Å²) < 4.78 is 3.95. The van der Waals surface area contributed by atoms with Gasteiger partial charge in [-0.1, -0.05) is 17.5 Å². The predicted molar refractivity (Wildman–Crippen MR) is 102 cm³/mol. The molecular weight excluding hydrogens is 368 g/mol. The van der Waals surface area contributed by atoms with Crippen molar-refractivity contribution in [2.45, 2.75) is 32.2 Å². The first-order valence-electron chi connectivity index (χ1n) is 8.52. The Labute approximate surface area is 159 Å². The standard InChI is InChI=1S/C17H18N6OS2/c1-2-11-15(26-22-21-11)16(24)23-9-4-6-13(23)12-5-3-7-14(19-12)20-17-18-8-10-25-17/h3,5,7-8,10,13H,2,4,6,9H2,1H3,(H,18,19,20)/t13-/m0/s1. The molecule has 9 heteroatoms. The SMILES string of the molecule is CCc1nnsc1C(=O)N1CCC[C@H]1c1cccc(Nc2nccs2)n1. The van der Waals surface area contributed by atoms with Crippen LogP contribution in [-0.2, 0) is 6.42 Å². The van der Waals surface area contributed by atoms with E-state index in [0.717, 1.165) is 41.7 Å². The quantitative estimate of drug-likeness (QED) is 0.720. The van der Waals surface area contributed by atoms with Crippen LogP contribution >= 0.6 is 22.9 Å². The molecule has 0 unspecified atom stereocenters. The fourth-order valence-corrected chi connectivity index (χ4v) is 4.39. The molecule has 1 N–H and O–H groups in total. The van der Waals surface area contributed by atoms with Crippen LogP contribution in [0.1, 0.15) is 46.9 Å². The molecule has 0 radical (unpaired) electrons. The molecule has 0 aromatic carbocycles. The summed E-state index contributed by atoms with van der Waals surface area (Å²) in [5.41, 5.74) is 1.67. The van der Waals surface area contributed by atoms with Crippen molar-refractivity contribution in [3.05, 3.63) is 46.0 Å². The molecule has 1 aliphatic heterocycles. The summed E-state index contributed by atoms with van der Waals surface area (Å²) in [7, 11) is 0. The number of carbonyl (C=O) groups is 1. The molecule has 1 atom stereocenters. The molecule has 1 amide bonds. The molecule has 7 nitrogen and oxygen atoms in total. The molecule has 4 heterocycles. The second-order valence-corrected chi connectivity index (χ2v) is 7.62. The number of nitrogens with one attached hydrogen (secondary N) is 1. The Morgan fingerprint density at radius 2 is 2.35 bits per heavy atom. The van der Waals surface area contributed by atoms with Gasteiger partial charge < -0.3 is 10.2 Å². The molecule has 134 valence electrons. The van der Waals surface area contributed by atoms with Crippen molar-refractivity contribution in [3.63, 3.8) is 0 Å². The zero-order valence-electron chi connectivity index (χ0n) is 14.3. The average Bonchev–Trinajstić information content (AvgIpc) is 3.41. The van der Waals surface area contributed by atoms with Crippen molar-refractivity contribution < 1.29 is 4.79 Å². The van der Waals surface area contributed by atoms with Crippen molar-refractivity contribution in [1.29, 1.82) is 0 Å². The van der Waals surface area contributed by atoms with Gasteiger partial charge in [-0.15, -0.1) is 16.4 Å². The van der Waals surface area contributed by atoms with E-state index in [0.29, 0.717) is 11.3 Å². The maximum absolute atomic E-state index is 13.0. The number of amides is 1. The smallest absolute Gasteiger partial charge is 0.268 e. The highest BCUT2D eigenvalue weighted by molar-refractivity contribution is 7.13. The maximum atomic E-state index is 13.0. The van der Waals surface area contributed by atoms with Gasteiger partial charge in [-0.25, -0.2) is 9.97 Å². The summed E-state index contributed by atoms with van der Waals surface area (Å²) in [6.07, 6.45) is 4.34. The molecule has 26 heavy (non-hydrogen) atoms. The van der Waals surface area contributed by atoms with Gasteiger partial charge in [0.2, 0.25) is 0 Å². The number of aryl methyl sites for hydroxylation is 1. The van der Waals surface area contributed by atoms with Crippen LogP contribution in [0.3, 0.4) is 0 Å². The third-order valence-corrected chi connectivity index (χ3v) is 5.82. The Balaban J connectivity index is 1.57. The van der Waals surface area contributed by atoms with E-state index in [2.05, 4.69) is 19.9 Å². The third kappa shape index (κ3) is 3.32. The van der Waals surface area contributed by atoms with E-state index in [-0.39, 0.29) is 11.9 Å². The Kier molecular flexibility index (Phi) is 4.89. The van der Waals surface area contributed by atoms with Crippen molar-refractivity contribution in [1.82, 2.24) is 24.5 Å². The molecule has 1 aliphatic rings. The first kappa shape index (κ1) is 17.0. The molecule has 3 aromatic heterocycles. The average molecular weight is 387 g/mol. The number of pyridine rings is 1. The van der Waals surface area contributed by atoms with Crippen molar-refractivity contribution in [2.24, 2.45) is 0 Å². The fourth-order valence-electron chi connectivity index (χ4n) is 3.15. The molecule has 0 aliphatic carbocycles. The van der Waals surface area contributed by atoms with Gasteiger partial charge >= 0.3 is 0 Å². The van der Waals surface area contributed by atoms with Crippen LogP contribution in [0.4, 0.5) is 10.9 Å². The van der Waals surface area contributed by atoms with E-state index in [1.165, 1.54) is 22.9 Å². The van der Waals surface area contributed by atoms with Gasteiger partial charge in [-0.05, 0) is 42.9 Å². The van der Waals surface area contributed by atoms with E-state index in [9.17, 15) is 4.79 Å². The van der Waals surface area contributed by atoms with Gasteiger partial charge in [0.1, 0.15) is 10.7 Å². The molecule has 3 aromatic rings. The molecule has 0 saturated carbocycles. The number of anilines is 2. The highest BCUT2D eigenvalue weighted by atomic mass is 32.1. The number of nitrogens with zero attached hydrogens (tertiary/aromatic N) is 5. The second kappa shape index (κ2) is 7.46. The van der Waals surface area contributed by atoms with Crippen molar-refractivity contribution in [2.75, 3.05) is 11.9 Å². The van der Waals surface area contributed by atoms with E-state index >= 15 is 0 Å². The summed E-state index contributed by atoms with van der Waals surface area (Å²) in [5.74, 6) is 0.755. The predicted octanol–water partition coefficient (Wildman–Crippen LogP) is 3.67. The normalized spacial score (nSPS) is 16.8. The zero-order valence-corrected chi connectivity index (χ0v) is 15.9. The lowest BCUT2D eigenvalue weighted by atomic mass is 10.1. The van der Waals surface area contributed by atoms with Crippen molar-refractivity contribution >= 4 is 39.7 Å². The van der Waals surface area contributed by atoms with Crippen LogP contribution < -0.4 is 5.32 Å². The fraction of sp³-hybridized carbons (Fsp3) is 0.353. The number of likely N-dealkylation sites (tertiary alicyclic amines) is 1. The Hall–Kier alpha value is -2.39. The summed E-state index contributed by atoms with van der Waals surface area (Å²) >= 11 is 2.70. The van der Waals surface area contributed by atoms with E-state index in [1.807, 2.05) is 35.4 Å². The molecule has 0 spiro atoms.